The van der Waals surface area contributed by atoms with Crippen LogP contribution in [0.25, 0.3) is 0 Å². The number of unbranched alkanes of at least 4 members (excludes halogenated alkanes) is 15. The summed E-state index contributed by atoms with van der Waals surface area (Å²) >= 11 is 0. The first kappa shape index (κ1) is 39.5. The maximum atomic E-state index is 9.00. The molecule has 0 aliphatic heterocycles. The van der Waals surface area contributed by atoms with Gasteiger partial charge < -0.3 is 26.8 Å². The summed E-state index contributed by atoms with van der Waals surface area (Å²) in [5, 5.41) is 22.2. The van der Waals surface area contributed by atoms with Gasteiger partial charge >= 0.3 is 0 Å². The second-order valence-electron chi connectivity index (χ2n) is 8.64. The second kappa shape index (κ2) is 35.9. The molecule has 0 rings (SSSR count). The van der Waals surface area contributed by atoms with Crippen molar-refractivity contribution in [1.29, 1.82) is 0 Å². The van der Waals surface area contributed by atoms with E-state index in [4.69, 9.17) is 41.2 Å². The molecule has 1 unspecified atom stereocenters. The highest BCUT2D eigenvalue weighted by molar-refractivity contribution is 5.63. The van der Waals surface area contributed by atoms with Crippen molar-refractivity contribution in [3.05, 3.63) is 0 Å². The van der Waals surface area contributed by atoms with Crippen LogP contribution in [0.1, 0.15) is 137 Å². The largest absolute Gasteiger partial charge is 0.481 e. The van der Waals surface area contributed by atoms with Gasteiger partial charge in [-0.1, -0.05) is 110 Å². The standard InChI is InChI=1S/C20H44N2.3C2H4O2/c1-2-3-4-5-6-7-8-9-10-11-12-13-14-15-16-17-18-20(22)19-21;3*1-2(3)4/h20H,2-19,21-22H2,1H3;3*1H3,(H,3,4). The smallest absolute Gasteiger partial charge is 0.300 e. The minimum absolute atomic E-state index is 0.228. The number of nitrogens with two attached hydrogens (primary N) is 2. The number of carboxylic acids is 3. The lowest BCUT2D eigenvalue weighted by atomic mass is 10.0. The average Bonchev–Trinajstić information content (AvgIpc) is 2.72. The lowest BCUT2D eigenvalue weighted by Gasteiger charge is -2.07. The molecule has 0 spiro atoms. The molecule has 0 heterocycles. The number of aliphatic carboxylic acids is 3. The minimum Gasteiger partial charge on any atom is -0.481 e. The highest BCUT2D eigenvalue weighted by Crippen LogP contribution is 2.14. The number of carboxylic acid groups (broad SMARTS) is 3. The van der Waals surface area contributed by atoms with Crippen molar-refractivity contribution in [2.45, 2.75) is 143 Å². The summed E-state index contributed by atoms with van der Waals surface area (Å²) in [4.78, 5) is 27.0. The van der Waals surface area contributed by atoms with E-state index < -0.39 is 17.9 Å². The predicted molar refractivity (Wildman–Crippen MR) is 141 cm³/mol. The topological polar surface area (TPSA) is 164 Å². The maximum absolute atomic E-state index is 9.00. The lowest BCUT2D eigenvalue weighted by Crippen LogP contribution is -2.29. The van der Waals surface area contributed by atoms with Gasteiger partial charge in [-0.25, -0.2) is 0 Å². The van der Waals surface area contributed by atoms with Gasteiger partial charge in [-0.15, -0.1) is 0 Å². The highest BCUT2D eigenvalue weighted by Gasteiger charge is 1.98. The first-order valence-corrected chi connectivity index (χ1v) is 13.0. The zero-order chi connectivity index (χ0) is 27.0. The Morgan fingerprint density at radius 1 is 0.559 bits per heavy atom. The van der Waals surface area contributed by atoms with E-state index in [1.54, 1.807) is 0 Å². The number of hydrogen-bond donors (Lipinski definition) is 5. The van der Waals surface area contributed by atoms with Crippen molar-refractivity contribution in [2.24, 2.45) is 11.5 Å². The van der Waals surface area contributed by atoms with Gasteiger partial charge in [-0.2, -0.15) is 0 Å². The number of hydrogen-bond acceptors (Lipinski definition) is 5. The molecule has 0 saturated heterocycles. The van der Waals surface area contributed by atoms with Crippen LogP contribution in [0.5, 0.6) is 0 Å². The van der Waals surface area contributed by atoms with E-state index in [9.17, 15) is 0 Å². The Morgan fingerprint density at radius 2 is 0.765 bits per heavy atom. The monoisotopic (exact) mass is 492 g/mol. The normalized spacial score (nSPS) is 10.4. The molecule has 0 aliphatic rings. The van der Waals surface area contributed by atoms with Crippen molar-refractivity contribution < 1.29 is 29.7 Å². The molecule has 0 saturated carbocycles. The fourth-order valence-electron chi connectivity index (χ4n) is 3.07. The fraction of sp³-hybridized carbons (Fsp3) is 0.885. The van der Waals surface area contributed by atoms with Gasteiger partial charge in [0.1, 0.15) is 0 Å². The molecule has 0 aromatic carbocycles. The van der Waals surface area contributed by atoms with Crippen molar-refractivity contribution in [3.63, 3.8) is 0 Å². The van der Waals surface area contributed by atoms with Gasteiger partial charge in [0.2, 0.25) is 0 Å². The average molecular weight is 493 g/mol. The summed E-state index contributed by atoms with van der Waals surface area (Å²) in [6.45, 7) is 6.18. The minimum atomic E-state index is -0.833. The predicted octanol–water partition coefficient (Wildman–Crippen LogP) is 6.20. The van der Waals surface area contributed by atoms with Crippen LogP contribution in [-0.4, -0.2) is 45.8 Å². The van der Waals surface area contributed by atoms with E-state index >= 15 is 0 Å². The third-order valence-corrected chi connectivity index (χ3v) is 4.73. The Bertz CT molecular complexity index is 393. The summed E-state index contributed by atoms with van der Waals surface area (Å²) in [7, 11) is 0. The fourth-order valence-corrected chi connectivity index (χ4v) is 3.07. The van der Waals surface area contributed by atoms with Gasteiger partial charge in [-0.3, -0.25) is 14.4 Å². The number of rotatable bonds is 18. The van der Waals surface area contributed by atoms with Gasteiger partial charge in [0.15, 0.2) is 0 Å². The zero-order valence-electron chi connectivity index (χ0n) is 22.5. The molecule has 1 atom stereocenters. The van der Waals surface area contributed by atoms with E-state index in [0.717, 1.165) is 27.2 Å². The molecular weight excluding hydrogens is 436 g/mol. The van der Waals surface area contributed by atoms with Crippen molar-refractivity contribution in [3.8, 4) is 0 Å². The molecule has 0 bridgehead atoms. The van der Waals surface area contributed by atoms with Crippen LogP contribution >= 0.6 is 0 Å². The summed E-state index contributed by atoms with van der Waals surface area (Å²) in [6, 6.07) is 0.228. The van der Waals surface area contributed by atoms with E-state index in [-0.39, 0.29) is 6.04 Å². The lowest BCUT2D eigenvalue weighted by molar-refractivity contribution is -0.135. The summed E-state index contributed by atoms with van der Waals surface area (Å²) < 4.78 is 0. The third-order valence-electron chi connectivity index (χ3n) is 4.73. The Labute approximate surface area is 208 Å². The Balaban J connectivity index is -0.000000307. The zero-order valence-corrected chi connectivity index (χ0v) is 22.5. The molecular formula is C26H56N2O6. The molecule has 8 heteroatoms. The van der Waals surface area contributed by atoms with E-state index in [2.05, 4.69) is 6.92 Å². The van der Waals surface area contributed by atoms with E-state index in [0.29, 0.717) is 6.54 Å². The molecule has 7 N–H and O–H groups in total. The van der Waals surface area contributed by atoms with Crippen LogP contribution in [0.2, 0.25) is 0 Å². The number of carbonyl (C=O) groups is 3. The van der Waals surface area contributed by atoms with Crippen LogP contribution in [0, 0.1) is 0 Å². The van der Waals surface area contributed by atoms with Crippen molar-refractivity contribution in [2.75, 3.05) is 6.54 Å². The second-order valence-corrected chi connectivity index (χ2v) is 8.64. The van der Waals surface area contributed by atoms with Crippen LogP contribution in [0.15, 0.2) is 0 Å². The summed E-state index contributed by atoms with van der Waals surface area (Å²) in [5.41, 5.74) is 11.3. The first-order valence-electron chi connectivity index (χ1n) is 13.0. The van der Waals surface area contributed by atoms with Gasteiger partial charge in [0, 0.05) is 33.4 Å². The van der Waals surface area contributed by atoms with Crippen molar-refractivity contribution in [1.82, 2.24) is 0 Å². The Kier molecular flexibility index (Phi) is 41.8. The van der Waals surface area contributed by atoms with E-state index in [1.165, 1.54) is 103 Å². The SMILES string of the molecule is CC(=O)O.CC(=O)O.CC(=O)O.CCCCCCCCCCCCCCCCCCC(N)CN. The maximum Gasteiger partial charge on any atom is 0.300 e. The Morgan fingerprint density at radius 3 is 0.971 bits per heavy atom. The quantitative estimate of drug-likeness (QED) is 0.141. The first-order chi connectivity index (χ1) is 16.0. The molecule has 34 heavy (non-hydrogen) atoms. The van der Waals surface area contributed by atoms with Crippen LogP contribution in [0.4, 0.5) is 0 Å². The Hall–Kier alpha value is -1.67. The molecule has 8 nitrogen and oxygen atoms in total. The molecule has 0 amide bonds. The van der Waals surface area contributed by atoms with Crippen LogP contribution in [-0.2, 0) is 14.4 Å². The van der Waals surface area contributed by atoms with Crippen LogP contribution < -0.4 is 11.5 Å². The summed E-state index contributed by atoms with van der Waals surface area (Å²) in [6.07, 6.45) is 23.9. The molecule has 0 aromatic heterocycles. The van der Waals surface area contributed by atoms with Gasteiger partial charge in [-0.05, 0) is 6.42 Å². The molecule has 0 fully saturated rings. The molecule has 0 aliphatic carbocycles. The summed E-state index contributed by atoms with van der Waals surface area (Å²) in [5.74, 6) is -2.50. The van der Waals surface area contributed by atoms with Crippen LogP contribution in [0.3, 0.4) is 0 Å². The van der Waals surface area contributed by atoms with Crippen molar-refractivity contribution >= 4 is 17.9 Å². The highest BCUT2D eigenvalue weighted by atomic mass is 16.4. The molecule has 0 aromatic rings. The molecule has 206 valence electrons. The third kappa shape index (κ3) is 77.7. The molecule has 0 radical (unpaired) electrons. The van der Waals surface area contributed by atoms with E-state index in [1.807, 2.05) is 0 Å². The van der Waals surface area contributed by atoms with Gasteiger partial charge in [0.25, 0.3) is 17.9 Å². The van der Waals surface area contributed by atoms with Gasteiger partial charge in [0.05, 0.1) is 0 Å².